The van der Waals surface area contributed by atoms with Gasteiger partial charge in [0.25, 0.3) is 0 Å². The first-order chi connectivity index (χ1) is 10.2. The highest BCUT2D eigenvalue weighted by Crippen LogP contribution is 1.84. The molecule has 0 rings (SSSR count). The number of nitrogens with one attached hydrogen (secondary N) is 2. The molecule has 11 heteroatoms. The molecule has 11 nitrogen and oxygen atoms in total. The van der Waals surface area contributed by atoms with Crippen molar-refractivity contribution in [2.45, 2.75) is 14.4 Å². The maximum atomic E-state index is 10.6. The molecule has 136 valence electrons. The Kier molecular flexibility index (Phi) is 17.7. The van der Waals surface area contributed by atoms with Crippen LogP contribution < -0.4 is 28.3 Å². The molecular weight excluding hydrogens is 304 g/mol. The van der Waals surface area contributed by atoms with E-state index in [1.165, 1.54) is 11.8 Å². The summed E-state index contributed by atoms with van der Waals surface area (Å²) in [5.41, 5.74) is 20.4. The highest BCUT2D eigenvalue weighted by atomic mass is 16.4. The van der Waals surface area contributed by atoms with Gasteiger partial charge in [-0.3, -0.25) is 20.0 Å². The minimum atomic E-state index is -0.894. The molecule has 0 saturated heterocycles. The van der Waals surface area contributed by atoms with E-state index in [2.05, 4.69) is 10.3 Å². The molecule has 0 aromatic heterocycles. The summed E-state index contributed by atoms with van der Waals surface area (Å²) in [6, 6.07) is 0. The maximum absolute atomic E-state index is 10.6. The van der Waals surface area contributed by atoms with Gasteiger partial charge in [0.2, 0.25) is 0 Å². The summed E-state index contributed by atoms with van der Waals surface area (Å²) in [5.74, 6) is -1.00. The molecule has 0 radical (unpaired) electrons. The van der Waals surface area contributed by atoms with Gasteiger partial charge in [-0.05, 0) is 6.92 Å². The lowest BCUT2D eigenvalue weighted by Crippen LogP contribution is -2.42. The predicted molar refractivity (Wildman–Crippen MR) is 91.1 cm³/mol. The topological polar surface area (TPSA) is 210 Å². The van der Waals surface area contributed by atoms with Crippen molar-refractivity contribution in [3.05, 3.63) is 0 Å². The minimum Gasteiger partial charge on any atom is -0.480 e. The van der Waals surface area contributed by atoms with Gasteiger partial charge < -0.3 is 38.3 Å². The highest BCUT2D eigenvalue weighted by Gasteiger charge is 2.06. The first-order valence-electron chi connectivity index (χ1n) is 6.47. The van der Waals surface area contributed by atoms with E-state index in [1.54, 1.807) is 0 Å². The fourth-order valence-corrected chi connectivity index (χ4v) is 1.17. The Hall–Kier alpha value is -2.40. The van der Waals surface area contributed by atoms with E-state index in [0.29, 0.717) is 26.2 Å². The van der Waals surface area contributed by atoms with Crippen LogP contribution in [0.1, 0.15) is 14.4 Å². The van der Waals surface area contributed by atoms with Gasteiger partial charge in [0.05, 0.1) is 19.6 Å². The monoisotopic (exact) mass is 334 g/mol. The Labute approximate surface area is 136 Å². The van der Waals surface area contributed by atoms with E-state index < -0.39 is 5.97 Å². The smallest absolute Gasteiger partial charge is 0.317 e. The van der Waals surface area contributed by atoms with Gasteiger partial charge in [0, 0.05) is 19.6 Å². The summed E-state index contributed by atoms with van der Waals surface area (Å²) in [6.07, 6.45) is 0. The number of aliphatic imine (C=N–C) groups is 1. The third-order valence-corrected chi connectivity index (χ3v) is 2.01. The second-order valence-corrected chi connectivity index (χ2v) is 4.17. The van der Waals surface area contributed by atoms with Crippen LogP contribution in [0.3, 0.4) is 0 Å². The first-order valence-corrected chi connectivity index (χ1v) is 6.47. The predicted octanol–water partition coefficient (Wildman–Crippen LogP) is -2.70. The second kappa shape index (κ2) is 16.0. The number of ketones is 1. The number of Topliss-reactive ketones (excluding diaryl/α,β-unsaturated/α-hetero) is 1. The lowest BCUT2D eigenvalue weighted by Gasteiger charge is -2.19. The molecule has 0 saturated carbocycles. The third kappa shape index (κ3) is 22.0. The zero-order valence-electron chi connectivity index (χ0n) is 12.7. The number of carboxylic acids is 1. The summed E-state index contributed by atoms with van der Waals surface area (Å²) in [7, 11) is 0. The van der Waals surface area contributed by atoms with Crippen molar-refractivity contribution < 1.29 is 14.7 Å². The molecule has 0 spiro atoms. The number of carboxylic acid groups (broad SMARTS) is 1. The summed E-state index contributed by atoms with van der Waals surface area (Å²) < 4.78 is 0. The van der Waals surface area contributed by atoms with Crippen LogP contribution in [0, 0.1) is 5.41 Å². The molecule has 23 heavy (non-hydrogen) atoms. The van der Waals surface area contributed by atoms with Crippen LogP contribution in [-0.4, -0.2) is 72.9 Å². The van der Waals surface area contributed by atoms with Gasteiger partial charge >= 0.3 is 5.97 Å². The van der Waals surface area contributed by atoms with Crippen molar-refractivity contribution in [2.24, 2.45) is 27.9 Å². The van der Waals surface area contributed by atoms with Crippen molar-refractivity contribution in [2.75, 3.05) is 39.3 Å². The molecular formula is C12H30N8O3. The normalized spacial score (nSPS) is 8.78. The summed E-state index contributed by atoms with van der Waals surface area (Å²) >= 11 is 0. The average molecular weight is 334 g/mol. The minimum absolute atomic E-state index is 0. The molecule has 0 amide bonds. The van der Waals surface area contributed by atoms with Crippen LogP contribution in [-0.2, 0) is 9.59 Å². The number of nitrogens with two attached hydrogens (primary N) is 4. The van der Waals surface area contributed by atoms with Gasteiger partial charge in [-0.1, -0.05) is 7.43 Å². The van der Waals surface area contributed by atoms with Crippen LogP contribution in [0.4, 0.5) is 0 Å². The van der Waals surface area contributed by atoms with Gasteiger partial charge in [0.1, 0.15) is 5.78 Å². The maximum Gasteiger partial charge on any atom is 0.317 e. The molecule has 0 unspecified atom stereocenters. The molecule has 0 atom stereocenters. The van der Waals surface area contributed by atoms with Gasteiger partial charge in [-0.2, -0.15) is 0 Å². The first kappa shape index (κ1) is 25.5. The molecule has 0 aliphatic carbocycles. The Morgan fingerprint density at radius 1 is 1.30 bits per heavy atom. The number of carbonyl (C=O) groups excluding carboxylic acids is 1. The fraction of sp³-hybridized carbons (Fsp3) is 0.667. The lowest BCUT2D eigenvalue weighted by atomic mass is 10.4. The Bertz CT molecular complexity index is 383. The molecule has 11 N–H and O–H groups in total. The number of nitrogens with zero attached hydrogens (tertiary/aromatic N) is 2. The highest BCUT2D eigenvalue weighted by molar-refractivity contribution is 5.84. The number of rotatable bonds is 9. The van der Waals surface area contributed by atoms with E-state index in [-0.39, 0.29) is 38.2 Å². The number of aliphatic carboxylic acids is 1. The van der Waals surface area contributed by atoms with E-state index in [9.17, 15) is 9.59 Å². The number of hydrogen-bond acceptors (Lipinski definition) is 6. The summed E-state index contributed by atoms with van der Waals surface area (Å²) in [5, 5.41) is 17.8. The van der Waals surface area contributed by atoms with Crippen molar-refractivity contribution in [1.82, 2.24) is 10.2 Å². The standard InChI is InChI=1S/C6H14N4O.C5H12N4O2.CH4/c1-5(11)4-10(3-2-7)6(8)9;6-5(7)9-2-1-8-3-4(10)11;/h2-4,7H2,1H3,(H3,8,9);8H,1-3H2,(H,10,11)(H4,6,7,9);1H4. The zero-order chi connectivity index (χ0) is 17.5. The molecule has 0 heterocycles. The van der Waals surface area contributed by atoms with Gasteiger partial charge in [0.15, 0.2) is 11.9 Å². The number of hydrogen-bond donors (Lipinski definition) is 7. The Balaban J connectivity index is -0.000000333. The third-order valence-electron chi connectivity index (χ3n) is 2.01. The van der Waals surface area contributed by atoms with E-state index in [1.807, 2.05) is 0 Å². The van der Waals surface area contributed by atoms with E-state index >= 15 is 0 Å². The molecule has 0 bridgehead atoms. The van der Waals surface area contributed by atoms with Gasteiger partial charge in [-0.15, -0.1) is 0 Å². The summed E-state index contributed by atoms with van der Waals surface area (Å²) in [6.45, 7) is 3.26. The molecule has 0 fully saturated rings. The van der Waals surface area contributed by atoms with Gasteiger partial charge in [-0.25, -0.2) is 0 Å². The van der Waals surface area contributed by atoms with Crippen molar-refractivity contribution in [3.63, 3.8) is 0 Å². The molecule has 0 aliphatic heterocycles. The Morgan fingerprint density at radius 3 is 2.22 bits per heavy atom. The Morgan fingerprint density at radius 2 is 1.87 bits per heavy atom. The second-order valence-electron chi connectivity index (χ2n) is 4.17. The van der Waals surface area contributed by atoms with Crippen LogP contribution in [0.25, 0.3) is 0 Å². The SMILES string of the molecule is C.CC(=O)CN(CCN)C(=N)N.NC(N)=NCCNCC(=O)O. The van der Waals surface area contributed by atoms with Crippen LogP contribution in [0.2, 0.25) is 0 Å². The zero-order valence-corrected chi connectivity index (χ0v) is 12.7. The average Bonchev–Trinajstić information content (AvgIpc) is 2.37. The van der Waals surface area contributed by atoms with E-state index in [0.717, 1.165) is 0 Å². The van der Waals surface area contributed by atoms with Crippen molar-refractivity contribution in [3.8, 4) is 0 Å². The number of guanidine groups is 2. The molecule has 0 aliphatic rings. The molecule has 0 aromatic rings. The van der Waals surface area contributed by atoms with Crippen molar-refractivity contribution in [1.29, 1.82) is 5.41 Å². The van der Waals surface area contributed by atoms with E-state index in [4.69, 9.17) is 33.5 Å². The number of carbonyl (C=O) groups is 2. The molecule has 0 aromatic carbocycles. The largest absolute Gasteiger partial charge is 0.480 e. The summed E-state index contributed by atoms with van der Waals surface area (Å²) in [4.78, 5) is 25.6. The van der Waals surface area contributed by atoms with Crippen molar-refractivity contribution >= 4 is 23.7 Å². The van der Waals surface area contributed by atoms with Crippen LogP contribution >= 0.6 is 0 Å². The quantitative estimate of drug-likeness (QED) is 0.133. The van der Waals surface area contributed by atoms with Crippen LogP contribution in [0.5, 0.6) is 0 Å². The fourth-order valence-electron chi connectivity index (χ4n) is 1.17. The lowest BCUT2D eigenvalue weighted by molar-refractivity contribution is -0.135. The van der Waals surface area contributed by atoms with Crippen LogP contribution in [0.15, 0.2) is 4.99 Å².